The summed E-state index contributed by atoms with van der Waals surface area (Å²) in [6, 6.07) is 0. The lowest BCUT2D eigenvalue weighted by Gasteiger charge is -2.07. The quantitative estimate of drug-likeness (QED) is 0.764. The maximum absolute atomic E-state index is 10.8. The Morgan fingerprint density at radius 2 is 2.07 bits per heavy atom. The van der Waals surface area contributed by atoms with Gasteiger partial charge in [-0.2, -0.15) is 0 Å². The molecule has 1 aromatic rings. The SMILES string of the molecule is CC=Cc1nc(C=O)c(NCC)nc1C. The maximum atomic E-state index is 10.8. The Hall–Kier alpha value is -1.71. The summed E-state index contributed by atoms with van der Waals surface area (Å²) in [5.74, 6) is 0.554. The minimum absolute atomic E-state index is 0.357. The molecule has 0 amide bonds. The van der Waals surface area contributed by atoms with Gasteiger partial charge in [-0.15, -0.1) is 0 Å². The van der Waals surface area contributed by atoms with E-state index in [-0.39, 0.29) is 0 Å². The second-order valence-electron chi connectivity index (χ2n) is 3.08. The first-order chi connectivity index (χ1) is 7.22. The highest BCUT2D eigenvalue weighted by Crippen LogP contribution is 2.12. The van der Waals surface area contributed by atoms with Crippen LogP contribution in [0.1, 0.15) is 35.7 Å². The van der Waals surface area contributed by atoms with Crippen LogP contribution in [0.5, 0.6) is 0 Å². The first-order valence-electron chi connectivity index (χ1n) is 4.93. The van der Waals surface area contributed by atoms with E-state index in [4.69, 9.17) is 0 Å². The lowest BCUT2D eigenvalue weighted by Crippen LogP contribution is -2.07. The van der Waals surface area contributed by atoms with Crippen LogP contribution in [0.15, 0.2) is 6.08 Å². The van der Waals surface area contributed by atoms with E-state index < -0.39 is 0 Å². The van der Waals surface area contributed by atoms with Crippen molar-refractivity contribution in [2.24, 2.45) is 0 Å². The molecule has 1 rings (SSSR count). The van der Waals surface area contributed by atoms with Gasteiger partial charge in [-0.25, -0.2) is 9.97 Å². The Labute approximate surface area is 89.4 Å². The van der Waals surface area contributed by atoms with E-state index in [1.807, 2.05) is 32.9 Å². The van der Waals surface area contributed by atoms with Gasteiger partial charge >= 0.3 is 0 Å². The van der Waals surface area contributed by atoms with E-state index in [0.717, 1.165) is 24.2 Å². The Bertz CT molecular complexity index is 386. The van der Waals surface area contributed by atoms with Crippen molar-refractivity contribution < 1.29 is 4.79 Å². The topological polar surface area (TPSA) is 54.9 Å². The summed E-state index contributed by atoms with van der Waals surface area (Å²) in [4.78, 5) is 19.3. The average molecular weight is 205 g/mol. The first-order valence-corrected chi connectivity index (χ1v) is 4.93. The largest absolute Gasteiger partial charge is 0.368 e. The fourth-order valence-corrected chi connectivity index (χ4v) is 1.24. The van der Waals surface area contributed by atoms with Gasteiger partial charge in [0.05, 0.1) is 11.4 Å². The molecule has 0 unspecified atom stereocenters. The molecule has 1 N–H and O–H groups in total. The van der Waals surface area contributed by atoms with Crippen molar-refractivity contribution >= 4 is 18.2 Å². The number of anilines is 1. The number of nitrogens with one attached hydrogen (secondary N) is 1. The van der Waals surface area contributed by atoms with Gasteiger partial charge in [-0.3, -0.25) is 4.79 Å². The molecule has 15 heavy (non-hydrogen) atoms. The van der Waals surface area contributed by atoms with E-state index in [2.05, 4.69) is 15.3 Å². The summed E-state index contributed by atoms with van der Waals surface area (Å²) < 4.78 is 0. The predicted octanol–water partition coefficient (Wildman–Crippen LogP) is 2.06. The molecule has 0 aliphatic heterocycles. The number of aryl methyl sites for hydroxylation is 1. The standard InChI is InChI=1S/C11H15N3O/c1-4-6-9-8(3)13-11(12-5-2)10(7-15)14-9/h4,6-7H,5H2,1-3H3,(H,12,13). The molecule has 0 spiro atoms. The summed E-state index contributed by atoms with van der Waals surface area (Å²) in [5.41, 5.74) is 1.91. The molecule has 0 aromatic carbocycles. The number of rotatable bonds is 4. The van der Waals surface area contributed by atoms with Gasteiger partial charge in [-0.1, -0.05) is 6.08 Å². The van der Waals surface area contributed by atoms with Gasteiger partial charge in [0.25, 0.3) is 0 Å². The van der Waals surface area contributed by atoms with Gasteiger partial charge in [0.2, 0.25) is 0 Å². The fourth-order valence-electron chi connectivity index (χ4n) is 1.24. The number of hydrogen-bond donors (Lipinski definition) is 1. The summed E-state index contributed by atoms with van der Waals surface area (Å²) in [6.07, 6.45) is 4.43. The number of carbonyl (C=O) groups excluding carboxylic acids is 1. The van der Waals surface area contributed by atoms with Crippen LogP contribution in [-0.2, 0) is 0 Å². The van der Waals surface area contributed by atoms with Crippen LogP contribution in [0, 0.1) is 6.92 Å². The van der Waals surface area contributed by atoms with Crippen molar-refractivity contribution in [2.75, 3.05) is 11.9 Å². The fraction of sp³-hybridized carbons (Fsp3) is 0.364. The van der Waals surface area contributed by atoms with E-state index in [1.54, 1.807) is 0 Å². The number of aldehydes is 1. The lowest BCUT2D eigenvalue weighted by atomic mass is 10.2. The van der Waals surface area contributed by atoms with Gasteiger partial charge in [0, 0.05) is 6.54 Å². The van der Waals surface area contributed by atoms with Crippen molar-refractivity contribution in [3.8, 4) is 0 Å². The van der Waals surface area contributed by atoms with Crippen LogP contribution in [-0.4, -0.2) is 22.8 Å². The zero-order chi connectivity index (χ0) is 11.3. The van der Waals surface area contributed by atoms with Crippen molar-refractivity contribution in [1.82, 2.24) is 9.97 Å². The van der Waals surface area contributed by atoms with E-state index in [1.165, 1.54) is 0 Å². The van der Waals surface area contributed by atoms with Gasteiger partial charge < -0.3 is 5.32 Å². The average Bonchev–Trinajstić information content (AvgIpc) is 2.22. The highest BCUT2D eigenvalue weighted by Gasteiger charge is 2.07. The monoisotopic (exact) mass is 205 g/mol. The molecule has 80 valence electrons. The molecule has 1 aromatic heterocycles. The summed E-state index contributed by atoms with van der Waals surface area (Å²) in [5, 5.41) is 3.01. The third-order valence-corrected chi connectivity index (χ3v) is 1.91. The predicted molar refractivity (Wildman–Crippen MR) is 61.0 cm³/mol. The molecular weight excluding hydrogens is 190 g/mol. The third kappa shape index (κ3) is 2.62. The zero-order valence-corrected chi connectivity index (χ0v) is 9.24. The van der Waals surface area contributed by atoms with Crippen molar-refractivity contribution in [1.29, 1.82) is 0 Å². The highest BCUT2D eigenvalue weighted by molar-refractivity contribution is 5.80. The summed E-state index contributed by atoms with van der Waals surface area (Å²) in [6.45, 7) is 6.45. The van der Waals surface area contributed by atoms with Crippen LogP contribution in [0.25, 0.3) is 6.08 Å². The van der Waals surface area contributed by atoms with Crippen LogP contribution in [0.2, 0.25) is 0 Å². The van der Waals surface area contributed by atoms with E-state index in [0.29, 0.717) is 11.5 Å². The molecule has 0 bridgehead atoms. The highest BCUT2D eigenvalue weighted by atomic mass is 16.1. The molecular formula is C11H15N3O. The Kier molecular flexibility index (Phi) is 3.97. The minimum atomic E-state index is 0.357. The Balaban J connectivity index is 3.21. The molecule has 4 nitrogen and oxygen atoms in total. The molecule has 4 heteroatoms. The second-order valence-corrected chi connectivity index (χ2v) is 3.08. The first kappa shape index (κ1) is 11.4. The molecule has 0 saturated carbocycles. The zero-order valence-electron chi connectivity index (χ0n) is 9.24. The second kappa shape index (κ2) is 5.24. The van der Waals surface area contributed by atoms with Gasteiger partial charge in [0.15, 0.2) is 12.1 Å². The molecule has 0 fully saturated rings. The lowest BCUT2D eigenvalue weighted by molar-refractivity contribution is 0.111. The number of carbonyl (C=O) groups is 1. The number of nitrogens with zero attached hydrogens (tertiary/aromatic N) is 2. The molecule has 0 saturated heterocycles. The van der Waals surface area contributed by atoms with E-state index >= 15 is 0 Å². The Morgan fingerprint density at radius 1 is 1.33 bits per heavy atom. The smallest absolute Gasteiger partial charge is 0.172 e. The van der Waals surface area contributed by atoms with E-state index in [9.17, 15) is 4.79 Å². The minimum Gasteiger partial charge on any atom is -0.368 e. The molecule has 0 atom stereocenters. The summed E-state index contributed by atoms with van der Waals surface area (Å²) >= 11 is 0. The van der Waals surface area contributed by atoms with Crippen LogP contribution in [0.3, 0.4) is 0 Å². The molecule has 0 radical (unpaired) electrons. The van der Waals surface area contributed by atoms with Crippen molar-refractivity contribution in [3.63, 3.8) is 0 Å². The van der Waals surface area contributed by atoms with Gasteiger partial charge in [-0.05, 0) is 26.8 Å². The van der Waals surface area contributed by atoms with Crippen LogP contribution in [0.4, 0.5) is 5.82 Å². The molecule has 0 aliphatic rings. The molecule has 0 aliphatic carbocycles. The number of aromatic nitrogens is 2. The van der Waals surface area contributed by atoms with Gasteiger partial charge in [0.1, 0.15) is 5.69 Å². The van der Waals surface area contributed by atoms with Crippen molar-refractivity contribution in [3.05, 3.63) is 23.2 Å². The summed E-state index contributed by atoms with van der Waals surface area (Å²) in [7, 11) is 0. The van der Waals surface area contributed by atoms with Crippen LogP contribution >= 0.6 is 0 Å². The maximum Gasteiger partial charge on any atom is 0.172 e. The van der Waals surface area contributed by atoms with Crippen LogP contribution < -0.4 is 5.32 Å². The Morgan fingerprint density at radius 3 is 2.60 bits per heavy atom. The molecule has 1 heterocycles. The normalized spacial score (nSPS) is 10.6. The third-order valence-electron chi connectivity index (χ3n) is 1.91. The number of allylic oxidation sites excluding steroid dienone is 1. The number of hydrogen-bond acceptors (Lipinski definition) is 4. The van der Waals surface area contributed by atoms with Crippen molar-refractivity contribution in [2.45, 2.75) is 20.8 Å².